The van der Waals surface area contributed by atoms with Gasteiger partial charge in [-0.2, -0.15) is 0 Å². The van der Waals surface area contributed by atoms with Gasteiger partial charge in [-0.25, -0.2) is 0 Å². The summed E-state index contributed by atoms with van der Waals surface area (Å²) in [5, 5.41) is 18.6. The van der Waals surface area contributed by atoms with Crippen molar-refractivity contribution in [1.82, 2.24) is 0 Å². The van der Waals surface area contributed by atoms with E-state index >= 15 is 0 Å². The molecule has 0 fully saturated rings. The van der Waals surface area contributed by atoms with Gasteiger partial charge in [0.2, 0.25) is 0 Å². The minimum atomic E-state index is -0.916. The first-order valence-electron chi connectivity index (χ1n) is 5.66. The number of hydrogen-bond donors (Lipinski definition) is 2. The van der Waals surface area contributed by atoms with Crippen LogP contribution in [0.2, 0.25) is 0 Å². The number of aromatic hydroxyl groups is 1. The highest BCUT2D eigenvalue weighted by atomic mass is 16.4. The lowest BCUT2D eigenvalue weighted by Crippen LogP contribution is -2.01. The van der Waals surface area contributed by atoms with Gasteiger partial charge in [0.15, 0.2) is 0 Å². The maximum absolute atomic E-state index is 10.6. The summed E-state index contributed by atoms with van der Waals surface area (Å²) in [5.74, 6) is -0.762. The number of para-hydroxylation sites is 1. The van der Waals surface area contributed by atoms with Crippen molar-refractivity contribution in [1.29, 1.82) is 0 Å². The Labute approximate surface area is 95.7 Å². The molecule has 0 aliphatic heterocycles. The third-order valence-electron chi connectivity index (χ3n) is 2.59. The average Bonchev–Trinajstić information content (AvgIpc) is 2.23. The molecule has 1 aromatic carbocycles. The van der Waals surface area contributed by atoms with E-state index in [4.69, 9.17) is 5.11 Å². The van der Waals surface area contributed by atoms with Crippen LogP contribution < -0.4 is 0 Å². The summed E-state index contributed by atoms with van der Waals surface area (Å²) < 4.78 is 0. The summed E-state index contributed by atoms with van der Waals surface area (Å²) in [6, 6.07) is 5.32. The van der Waals surface area contributed by atoms with E-state index in [-0.39, 0.29) is 12.2 Å². The van der Waals surface area contributed by atoms with Gasteiger partial charge in [-0.05, 0) is 18.4 Å². The Kier molecular flexibility index (Phi) is 4.83. The van der Waals surface area contributed by atoms with Gasteiger partial charge in [0.05, 0.1) is 6.42 Å². The number of carboxylic acids is 1. The minimum absolute atomic E-state index is 0.118. The molecule has 3 nitrogen and oxygen atoms in total. The topological polar surface area (TPSA) is 57.5 Å². The van der Waals surface area contributed by atoms with Crippen LogP contribution in [0.4, 0.5) is 0 Å². The standard InChI is InChI=1S/C13H18O3/c1-2-3-4-6-10-7-5-8-11(13(10)16)9-12(14)15/h5,7-8,16H,2-4,6,9H2,1H3,(H,14,15). The Morgan fingerprint density at radius 3 is 2.56 bits per heavy atom. The summed E-state index contributed by atoms with van der Waals surface area (Å²) in [5.41, 5.74) is 1.36. The van der Waals surface area contributed by atoms with E-state index in [9.17, 15) is 9.90 Å². The number of unbranched alkanes of at least 4 members (excludes halogenated alkanes) is 2. The fourth-order valence-electron chi connectivity index (χ4n) is 1.72. The second kappa shape index (κ2) is 6.16. The number of phenolic OH excluding ortho intramolecular Hbond substituents is 1. The molecular weight excluding hydrogens is 204 g/mol. The molecule has 3 heteroatoms. The van der Waals surface area contributed by atoms with E-state index < -0.39 is 5.97 Å². The molecule has 0 aliphatic carbocycles. The number of carboxylic acid groups (broad SMARTS) is 1. The summed E-state index contributed by atoms with van der Waals surface area (Å²) in [4.78, 5) is 10.6. The molecule has 0 saturated carbocycles. The lowest BCUT2D eigenvalue weighted by molar-refractivity contribution is -0.136. The number of aryl methyl sites for hydroxylation is 1. The molecule has 0 radical (unpaired) electrons. The third kappa shape index (κ3) is 3.57. The molecule has 0 spiro atoms. The van der Waals surface area contributed by atoms with Crippen molar-refractivity contribution >= 4 is 5.97 Å². The van der Waals surface area contributed by atoms with E-state index in [1.807, 2.05) is 6.07 Å². The largest absolute Gasteiger partial charge is 0.507 e. The summed E-state index contributed by atoms with van der Waals surface area (Å²) >= 11 is 0. The highest BCUT2D eigenvalue weighted by Gasteiger charge is 2.09. The maximum atomic E-state index is 10.6. The predicted molar refractivity (Wildman–Crippen MR) is 62.7 cm³/mol. The zero-order chi connectivity index (χ0) is 12.0. The van der Waals surface area contributed by atoms with Crippen LogP contribution in [0.3, 0.4) is 0 Å². The van der Waals surface area contributed by atoms with Gasteiger partial charge in [0.25, 0.3) is 0 Å². The molecule has 2 N–H and O–H groups in total. The molecule has 0 heterocycles. The van der Waals surface area contributed by atoms with Crippen LogP contribution in [0.25, 0.3) is 0 Å². The maximum Gasteiger partial charge on any atom is 0.307 e. The molecule has 0 unspecified atom stereocenters. The molecule has 1 aromatic rings. The van der Waals surface area contributed by atoms with Crippen molar-refractivity contribution in [2.75, 3.05) is 0 Å². The number of carbonyl (C=O) groups is 1. The van der Waals surface area contributed by atoms with Gasteiger partial charge in [0.1, 0.15) is 5.75 Å². The fourth-order valence-corrected chi connectivity index (χ4v) is 1.72. The molecule has 0 atom stereocenters. The first kappa shape index (κ1) is 12.6. The Balaban J connectivity index is 2.74. The molecule has 0 bridgehead atoms. The fraction of sp³-hybridized carbons (Fsp3) is 0.462. The second-order valence-corrected chi connectivity index (χ2v) is 3.95. The zero-order valence-corrected chi connectivity index (χ0v) is 9.57. The minimum Gasteiger partial charge on any atom is -0.507 e. The van der Waals surface area contributed by atoms with Crippen molar-refractivity contribution < 1.29 is 15.0 Å². The monoisotopic (exact) mass is 222 g/mol. The van der Waals surface area contributed by atoms with Crippen LogP contribution in [0.5, 0.6) is 5.75 Å². The number of hydrogen-bond acceptors (Lipinski definition) is 2. The van der Waals surface area contributed by atoms with Crippen molar-refractivity contribution in [2.24, 2.45) is 0 Å². The smallest absolute Gasteiger partial charge is 0.307 e. The van der Waals surface area contributed by atoms with E-state index in [1.54, 1.807) is 12.1 Å². The lowest BCUT2D eigenvalue weighted by Gasteiger charge is -2.08. The molecule has 1 rings (SSSR count). The number of phenols is 1. The van der Waals surface area contributed by atoms with Crippen molar-refractivity contribution in [3.63, 3.8) is 0 Å². The molecule has 16 heavy (non-hydrogen) atoms. The van der Waals surface area contributed by atoms with Gasteiger partial charge in [-0.1, -0.05) is 38.0 Å². The predicted octanol–water partition coefficient (Wildman–Crippen LogP) is 2.75. The third-order valence-corrected chi connectivity index (χ3v) is 2.59. The molecule has 0 aliphatic rings. The summed E-state index contributed by atoms with van der Waals surface area (Å²) in [7, 11) is 0. The Morgan fingerprint density at radius 2 is 1.94 bits per heavy atom. The molecule has 0 saturated heterocycles. The van der Waals surface area contributed by atoms with Crippen molar-refractivity contribution in [3.05, 3.63) is 29.3 Å². The molecular formula is C13H18O3. The summed E-state index contributed by atoms with van der Waals surface area (Å²) in [6.07, 6.45) is 3.99. The van der Waals surface area contributed by atoms with Crippen LogP contribution in [0.15, 0.2) is 18.2 Å². The number of benzene rings is 1. The second-order valence-electron chi connectivity index (χ2n) is 3.95. The van der Waals surface area contributed by atoms with E-state index in [1.165, 1.54) is 0 Å². The van der Waals surface area contributed by atoms with Crippen LogP contribution in [0, 0.1) is 0 Å². The quantitative estimate of drug-likeness (QED) is 0.727. The van der Waals surface area contributed by atoms with Crippen LogP contribution in [-0.2, 0) is 17.6 Å². The van der Waals surface area contributed by atoms with Gasteiger partial charge in [0, 0.05) is 5.56 Å². The molecule has 88 valence electrons. The first-order chi connectivity index (χ1) is 7.65. The average molecular weight is 222 g/mol. The van der Waals surface area contributed by atoms with E-state index in [0.717, 1.165) is 31.2 Å². The van der Waals surface area contributed by atoms with Gasteiger partial charge in [-0.3, -0.25) is 4.79 Å². The highest BCUT2D eigenvalue weighted by molar-refractivity contribution is 5.71. The van der Waals surface area contributed by atoms with Crippen LogP contribution in [0.1, 0.15) is 37.3 Å². The number of aliphatic carboxylic acids is 1. The van der Waals surface area contributed by atoms with Gasteiger partial charge < -0.3 is 10.2 Å². The first-order valence-corrected chi connectivity index (χ1v) is 5.66. The normalized spacial score (nSPS) is 10.3. The van der Waals surface area contributed by atoms with Gasteiger partial charge >= 0.3 is 5.97 Å². The molecule has 0 amide bonds. The van der Waals surface area contributed by atoms with Crippen molar-refractivity contribution in [2.45, 2.75) is 39.0 Å². The highest BCUT2D eigenvalue weighted by Crippen LogP contribution is 2.24. The van der Waals surface area contributed by atoms with E-state index in [0.29, 0.717) is 5.56 Å². The number of rotatable bonds is 6. The zero-order valence-electron chi connectivity index (χ0n) is 9.57. The van der Waals surface area contributed by atoms with E-state index in [2.05, 4.69) is 6.92 Å². The Morgan fingerprint density at radius 1 is 1.25 bits per heavy atom. The molecule has 0 aromatic heterocycles. The summed E-state index contributed by atoms with van der Waals surface area (Å²) in [6.45, 7) is 2.13. The van der Waals surface area contributed by atoms with Crippen LogP contribution in [-0.4, -0.2) is 16.2 Å². The Bertz CT molecular complexity index is 358. The lowest BCUT2D eigenvalue weighted by atomic mass is 10.0. The Hall–Kier alpha value is -1.51. The SMILES string of the molecule is CCCCCc1cccc(CC(=O)O)c1O. The van der Waals surface area contributed by atoms with Crippen LogP contribution >= 0.6 is 0 Å². The van der Waals surface area contributed by atoms with Crippen molar-refractivity contribution in [3.8, 4) is 5.75 Å². The van der Waals surface area contributed by atoms with Gasteiger partial charge in [-0.15, -0.1) is 0 Å².